The van der Waals surface area contributed by atoms with E-state index in [0.29, 0.717) is 0 Å². The first-order valence-electron chi connectivity index (χ1n) is 5.21. The fourth-order valence-electron chi connectivity index (χ4n) is 3.03. The second-order valence-electron chi connectivity index (χ2n) is 5.39. The summed E-state index contributed by atoms with van der Waals surface area (Å²) < 4.78 is 0. The Hall–Kier alpha value is 0.0500. The van der Waals surface area contributed by atoms with Crippen LogP contribution in [0.2, 0.25) is 0 Å². The molecule has 0 spiro atoms. The van der Waals surface area contributed by atoms with Crippen LogP contribution >= 0.6 is 12.2 Å². The van der Waals surface area contributed by atoms with Crippen molar-refractivity contribution in [3.8, 4) is 0 Å². The number of thiocarbonyl (C=S) groups is 1. The fraction of sp³-hybridized carbons (Fsp3) is 0.909. The van der Waals surface area contributed by atoms with Gasteiger partial charge in [0.1, 0.15) is 0 Å². The summed E-state index contributed by atoms with van der Waals surface area (Å²) in [7, 11) is 0. The van der Waals surface area contributed by atoms with Crippen molar-refractivity contribution < 1.29 is 5.11 Å². The lowest BCUT2D eigenvalue weighted by molar-refractivity contribution is 0.0627. The fourth-order valence-corrected chi connectivity index (χ4v) is 3.32. The molecule has 3 saturated carbocycles. The zero-order valence-corrected chi connectivity index (χ0v) is 9.28. The zero-order chi connectivity index (χ0) is 9.69. The Morgan fingerprint density at radius 1 is 1.31 bits per heavy atom. The molecule has 2 bridgehead atoms. The van der Waals surface area contributed by atoms with Gasteiger partial charge in [0.15, 0.2) is 0 Å². The lowest BCUT2D eigenvalue weighted by Crippen LogP contribution is -2.43. The number of fused-ring (bicyclic) bond motifs is 4. The molecule has 0 atom stereocenters. The molecule has 0 aromatic carbocycles. The van der Waals surface area contributed by atoms with Crippen molar-refractivity contribution in [3.63, 3.8) is 0 Å². The lowest BCUT2D eigenvalue weighted by atomic mass is 9.79. The molecular weight excluding hydrogens is 180 g/mol. The third-order valence-electron chi connectivity index (χ3n) is 3.77. The van der Waals surface area contributed by atoms with Gasteiger partial charge in [-0.3, -0.25) is 0 Å². The summed E-state index contributed by atoms with van der Waals surface area (Å²) >= 11 is 5.44. The molecule has 0 unspecified atom stereocenters. The number of hydrogen-bond acceptors (Lipinski definition) is 2. The molecule has 0 aliphatic heterocycles. The van der Waals surface area contributed by atoms with Crippen LogP contribution in [0, 0.1) is 11.3 Å². The topological polar surface area (TPSA) is 20.2 Å². The van der Waals surface area contributed by atoms with Gasteiger partial charge in [-0.15, -0.1) is 0 Å². The lowest BCUT2D eigenvalue weighted by Gasteiger charge is -2.34. The molecule has 1 N–H and O–H groups in total. The molecule has 3 fully saturated rings. The standard InChI is InChI=1S/C11H18OS/c1-10(2)7-8-3-5-11(12,6-4-8)9(10)13/h8,12H,3-7H2,1-2H3. The number of rotatable bonds is 0. The molecular formula is C11H18OS. The highest BCUT2D eigenvalue weighted by Crippen LogP contribution is 2.47. The van der Waals surface area contributed by atoms with Crippen molar-refractivity contribution in [2.75, 3.05) is 0 Å². The molecule has 2 heteroatoms. The van der Waals surface area contributed by atoms with E-state index in [0.717, 1.165) is 23.6 Å². The number of aliphatic hydroxyl groups is 1. The summed E-state index contributed by atoms with van der Waals surface area (Å²) in [6, 6.07) is 0. The largest absolute Gasteiger partial charge is 0.385 e. The Kier molecular flexibility index (Phi) is 2.04. The van der Waals surface area contributed by atoms with Gasteiger partial charge in [-0.2, -0.15) is 0 Å². The summed E-state index contributed by atoms with van der Waals surface area (Å²) in [6.07, 6.45) is 5.31. The highest BCUT2D eigenvalue weighted by molar-refractivity contribution is 7.80. The summed E-state index contributed by atoms with van der Waals surface area (Å²) in [5.41, 5.74) is -0.534. The van der Waals surface area contributed by atoms with Crippen LogP contribution in [-0.2, 0) is 0 Å². The van der Waals surface area contributed by atoms with Gasteiger partial charge in [-0.25, -0.2) is 0 Å². The number of hydrogen-bond donors (Lipinski definition) is 1. The SMILES string of the molecule is CC1(C)CC2CCC(O)(CC2)C1=S. The molecule has 3 aliphatic rings. The summed E-state index contributed by atoms with van der Waals surface area (Å²) in [5.74, 6) is 0.802. The van der Waals surface area contributed by atoms with Gasteiger partial charge >= 0.3 is 0 Å². The summed E-state index contributed by atoms with van der Waals surface area (Å²) in [6.45, 7) is 4.37. The predicted molar refractivity (Wildman–Crippen MR) is 57.9 cm³/mol. The molecule has 0 saturated heterocycles. The van der Waals surface area contributed by atoms with Crippen molar-refractivity contribution in [3.05, 3.63) is 0 Å². The maximum atomic E-state index is 10.4. The minimum atomic E-state index is -0.605. The van der Waals surface area contributed by atoms with Crippen LogP contribution in [0.25, 0.3) is 0 Å². The Labute approximate surface area is 85.5 Å². The van der Waals surface area contributed by atoms with E-state index in [1.54, 1.807) is 0 Å². The minimum Gasteiger partial charge on any atom is -0.385 e. The molecule has 3 aliphatic carbocycles. The molecule has 13 heavy (non-hydrogen) atoms. The van der Waals surface area contributed by atoms with Crippen molar-refractivity contribution in [1.82, 2.24) is 0 Å². The molecule has 3 rings (SSSR count). The zero-order valence-electron chi connectivity index (χ0n) is 8.47. The molecule has 74 valence electrons. The van der Waals surface area contributed by atoms with Gasteiger partial charge < -0.3 is 5.11 Å². The monoisotopic (exact) mass is 198 g/mol. The summed E-state index contributed by atoms with van der Waals surface area (Å²) in [4.78, 5) is 0.917. The average Bonchev–Trinajstić information content (AvgIpc) is 2.19. The molecule has 0 radical (unpaired) electrons. The van der Waals surface area contributed by atoms with Crippen molar-refractivity contribution in [1.29, 1.82) is 0 Å². The van der Waals surface area contributed by atoms with Crippen LogP contribution in [0.5, 0.6) is 0 Å². The van der Waals surface area contributed by atoms with E-state index in [1.165, 1.54) is 19.3 Å². The first kappa shape index (κ1) is 9.60. The van der Waals surface area contributed by atoms with E-state index in [2.05, 4.69) is 13.8 Å². The third kappa shape index (κ3) is 1.44. The van der Waals surface area contributed by atoms with Crippen LogP contribution < -0.4 is 0 Å². The smallest absolute Gasteiger partial charge is 0.0963 e. The van der Waals surface area contributed by atoms with E-state index in [4.69, 9.17) is 12.2 Å². The Balaban J connectivity index is 2.37. The van der Waals surface area contributed by atoms with Gasteiger partial charge in [-0.05, 0) is 43.4 Å². The van der Waals surface area contributed by atoms with Gasteiger partial charge in [-0.1, -0.05) is 26.1 Å². The highest BCUT2D eigenvalue weighted by atomic mass is 32.1. The third-order valence-corrected chi connectivity index (χ3v) is 4.70. The first-order chi connectivity index (χ1) is 5.94. The van der Waals surface area contributed by atoms with Gasteiger partial charge in [0.05, 0.1) is 5.60 Å². The Morgan fingerprint density at radius 2 is 1.85 bits per heavy atom. The maximum Gasteiger partial charge on any atom is 0.0963 e. The van der Waals surface area contributed by atoms with Crippen molar-refractivity contribution in [2.45, 2.75) is 51.6 Å². The highest BCUT2D eigenvalue weighted by Gasteiger charge is 2.47. The van der Waals surface area contributed by atoms with Crippen LogP contribution in [0.4, 0.5) is 0 Å². The van der Waals surface area contributed by atoms with Gasteiger partial charge in [0.25, 0.3) is 0 Å². The van der Waals surface area contributed by atoms with E-state index in [9.17, 15) is 5.11 Å². The predicted octanol–water partition coefficient (Wildman–Crippen LogP) is 2.71. The minimum absolute atomic E-state index is 0.0712. The van der Waals surface area contributed by atoms with Gasteiger partial charge in [0.2, 0.25) is 0 Å². The Morgan fingerprint density at radius 3 is 2.38 bits per heavy atom. The summed E-state index contributed by atoms with van der Waals surface area (Å²) in [5, 5.41) is 10.4. The quantitative estimate of drug-likeness (QED) is 0.604. The van der Waals surface area contributed by atoms with Crippen LogP contribution in [0.15, 0.2) is 0 Å². The van der Waals surface area contributed by atoms with Crippen molar-refractivity contribution >= 4 is 17.1 Å². The van der Waals surface area contributed by atoms with E-state index >= 15 is 0 Å². The average molecular weight is 198 g/mol. The maximum absolute atomic E-state index is 10.4. The second-order valence-corrected chi connectivity index (χ2v) is 5.80. The molecule has 0 aromatic heterocycles. The van der Waals surface area contributed by atoms with Crippen LogP contribution in [0.1, 0.15) is 46.0 Å². The molecule has 0 aromatic rings. The van der Waals surface area contributed by atoms with Crippen LogP contribution in [0.3, 0.4) is 0 Å². The van der Waals surface area contributed by atoms with E-state index in [1.807, 2.05) is 0 Å². The molecule has 0 amide bonds. The van der Waals surface area contributed by atoms with E-state index in [-0.39, 0.29) is 5.41 Å². The van der Waals surface area contributed by atoms with Crippen molar-refractivity contribution in [2.24, 2.45) is 11.3 Å². The first-order valence-corrected chi connectivity index (χ1v) is 5.62. The molecule has 0 heterocycles. The second kappa shape index (κ2) is 2.77. The van der Waals surface area contributed by atoms with E-state index < -0.39 is 5.60 Å². The van der Waals surface area contributed by atoms with Crippen LogP contribution in [-0.4, -0.2) is 15.6 Å². The molecule has 1 nitrogen and oxygen atoms in total. The van der Waals surface area contributed by atoms with Gasteiger partial charge in [0, 0.05) is 4.86 Å². The Bertz CT molecular complexity index is 236. The normalized spacial score (nSPS) is 43.3.